The Labute approximate surface area is 152 Å². The van der Waals surface area contributed by atoms with Crippen molar-refractivity contribution in [3.63, 3.8) is 0 Å². The van der Waals surface area contributed by atoms with E-state index in [0.717, 1.165) is 17.8 Å². The molecule has 2 amide bonds. The third-order valence-electron chi connectivity index (χ3n) is 5.43. The van der Waals surface area contributed by atoms with Gasteiger partial charge in [0.05, 0.1) is 22.8 Å². The number of nitrogens with zero attached hydrogens (tertiary/aromatic N) is 3. The zero-order chi connectivity index (χ0) is 18.0. The Bertz CT molecular complexity index is 640. The molecule has 138 valence electrons. The molecule has 3 rings (SSSR count). The number of likely N-dealkylation sites (tertiary alicyclic amines) is 1. The van der Waals surface area contributed by atoms with Gasteiger partial charge in [0.15, 0.2) is 0 Å². The van der Waals surface area contributed by atoms with Gasteiger partial charge < -0.3 is 19.5 Å². The summed E-state index contributed by atoms with van der Waals surface area (Å²) in [7, 11) is 1.54. The van der Waals surface area contributed by atoms with E-state index in [-0.39, 0.29) is 23.7 Å². The van der Waals surface area contributed by atoms with Crippen molar-refractivity contribution in [2.45, 2.75) is 37.0 Å². The molecule has 0 aliphatic carbocycles. The third kappa shape index (κ3) is 3.17. The molecule has 25 heavy (non-hydrogen) atoms. The Hall–Kier alpha value is -1.54. The number of aromatic nitrogens is 2. The topological polar surface area (TPSA) is 78.5 Å². The minimum absolute atomic E-state index is 0.00610. The van der Waals surface area contributed by atoms with Crippen LogP contribution in [0.1, 0.15) is 31.2 Å². The molecule has 1 saturated heterocycles. The molecule has 2 aliphatic rings. The fourth-order valence-electron chi connectivity index (χ4n) is 4.00. The molecule has 0 bridgehead atoms. The largest absolute Gasteiger partial charge is 0.375 e. The maximum Gasteiger partial charge on any atom is 0.249 e. The number of hydrogen-bond acceptors (Lipinski definition) is 5. The molecule has 7 nitrogen and oxygen atoms in total. The average molecular weight is 366 g/mol. The van der Waals surface area contributed by atoms with Crippen LogP contribution >= 0.6 is 11.8 Å². The van der Waals surface area contributed by atoms with Gasteiger partial charge in [-0.1, -0.05) is 0 Å². The predicted octanol–water partition coefficient (Wildman–Crippen LogP) is 1.01. The molecule has 1 atom stereocenters. The molecule has 0 radical (unpaired) electrons. The minimum atomic E-state index is -0.428. The highest BCUT2D eigenvalue weighted by molar-refractivity contribution is 7.99. The number of rotatable bonds is 4. The highest BCUT2D eigenvalue weighted by Crippen LogP contribution is 2.42. The van der Waals surface area contributed by atoms with Crippen LogP contribution in [0.4, 0.5) is 0 Å². The van der Waals surface area contributed by atoms with Gasteiger partial charge >= 0.3 is 0 Å². The van der Waals surface area contributed by atoms with Gasteiger partial charge in [-0.25, -0.2) is 4.98 Å². The molecule has 8 heteroatoms. The van der Waals surface area contributed by atoms with Gasteiger partial charge in [0, 0.05) is 38.9 Å². The van der Waals surface area contributed by atoms with E-state index in [2.05, 4.69) is 9.97 Å². The molecule has 0 aromatic carbocycles. The summed E-state index contributed by atoms with van der Waals surface area (Å²) >= 11 is 1.57. The fourth-order valence-corrected chi connectivity index (χ4v) is 4.36. The van der Waals surface area contributed by atoms with Gasteiger partial charge in [0.25, 0.3) is 0 Å². The van der Waals surface area contributed by atoms with E-state index in [1.165, 1.54) is 0 Å². The van der Waals surface area contributed by atoms with Crippen LogP contribution < -0.4 is 0 Å². The number of ether oxygens (including phenoxy) is 1. The van der Waals surface area contributed by atoms with E-state index >= 15 is 0 Å². The number of carbonyl (C=O) groups excluding carboxylic acids is 2. The zero-order valence-corrected chi connectivity index (χ0v) is 15.9. The van der Waals surface area contributed by atoms with E-state index in [1.807, 2.05) is 23.0 Å². The summed E-state index contributed by atoms with van der Waals surface area (Å²) in [5.41, 5.74) is 1.65. The summed E-state index contributed by atoms with van der Waals surface area (Å²) in [5.74, 6) is 0.170. The molecule has 1 aromatic heterocycles. The van der Waals surface area contributed by atoms with Gasteiger partial charge in [-0.15, -0.1) is 0 Å². The van der Waals surface area contributed by atoms with Gasteiger partial charge in [-0.05, 0) is 26.0 Å². The molecule has 0 saturated carbocycles. The van der Waals surface area contributed by atoms with Crippen molar-refractivity contribution in [3.8, 4) is 0 Å². The Morgan fingerprint density at radius 1 is 1.40 bits per heavy atom. The first-order valence-electron chi connectivity index (χ1n) is 8.67. The number of hydrogen-bond donors (Lipinski definition) is 1. The van der Waals surface area contributed by atoms with Crippen LogP contribution in [0.2, 0.25) is 0 Å². The zero-order valence-electron chi connectivity index (χ0n) is 15.1. The van der Waals surface area contributed by atoms with E-state index in [1.54, 1.807) is 25.2 Å². The quantitative estimate of drug-likeness (QED) is 0.860. The van der Waals surface area contributed by atoms with Crippen LogP contribution in [-0.4, -0.2) is 76.4 Å². The second-order valence-electron chi connectivity index (χ2n) is 6.69. The van der Waals surface area contributed by atoms with Crippen molar-refractivity contribution in [1.82, 2.24) is 19.8 Å². The molecule has 3 heterocycles. The van der Waals surface area contributed by atoms with Gasteiger partial charge in [-0.2, -0.15) is 11.8 Å². The Morgan fingerprint density at radius 2 is 2.12 bits per heavy atom. The van der Waals surface area contributed by atoms with Gasteiger partial charge in [0.2, 0.25) is 11.8 Å². The number of piperidine rings is 1. The summed E-state index contributed by atoms with van der Waals surface area (Å²) in [6.07, 6.45) is 5.87. The summed E-state index contributed by atoms with van der Waals surface area (Å²) < 4.78 is 5.08. The lowest BCUT2D eigenvalue weighted by Crippen LogP contribution is -2.60. The monoisotopic (exact) mass is 366 g/mol. The Kier molecular flexibility index (Phi) is 5.38. The molecule has 2 aliphatic heterocycles. The molecular formula is C17H26N4O3S. The molecule has 1 spiro atoms. The van der Waals surface area contributed by atoms with Gasteiger partial charge in [0.1, 0.15) is 6.61 Å². The lowest BCUT2D eigenvalue weighted by Gasteiger charge is -2.50. The van der Waals surface area contributed by atoms with E-state index in [0.29, 0.717) is 32.5 Å². The van der Waals surface area contributed by atoms with Crippen LogP contribution in [0.3, 0.4) is 0 Å². The van der Waals surface area contributed by atoms with Crippen LogP contribution in [0.5, 0.6) is 0 Å². The summed E-state index contributed by atoms with van der Waals surface area (Å²) in [4.78, 5) is 36.8. The maximum atomic E-state index is 12.7. The second kappa shape index (κ2) is 7.37. The first kappa shape index (κ1) is 18.3. The molecule has 1 aromatic rings. The number of carbonyl (C=O) groups is 2. The van der Waals surface area contributed by atoms with Crippen molar-refractivity contribution in [2.24, 2.45) is 0 Å². The highest BCUT2D eigenvalue weighted by atomic mass is 32.2. The van der Waals surface area contributed by atoms with E-state index in [9.17, 15) is 9.59 Å². The summed E-state index contributed by atoms with van der Waals surface area (Å²) in [6, 6.07) is 0. The van der Waals surface area contributed by atoms with Crippen LogP contribution in [-0.2, 0) is 26.3 Å². The van der Waals surface area contributed by atoms with Crippen molar-refractivity contribution in [3.05, 3.63) is 17.7 Å². The standard InChI is InChI=1S/C17H26N4O3S/c1-12(25-3)16(23)20-8-5-17(6-9-20)15-13(18-11-19-15)4-7-21(17)14(22)10-24-2/h11-12H,4-10H2,1-3H3,(H,18,19). The first-order chi connectivity index (χ1) is 12.0. The van der Waals surface area contributed by atoms with E-state index < -0.39 is 5.54 Å². The SMILES string of the molecule is COCC(=O)N1CCc2[nH]cnc2C12CCN(C(=O)C(C)SC)CC2. The molecular weight excluding hydrogens is 340 g/mol. The number of aromatic amines is 1. The first-order valence-corrected chi connectivity index (χ1v) is 9.96. The molecule has 1 fully saturated rings. The number of fused-ring (bicyclic) bond motifs is 2. The smallest absolute Gasteiger partial charge is 0.249 e. The minimum Gasteiger partial charge on any atom is -0.375 e. The average Bonchev–Trinajstić information content (AvgIpc) is 3.11. The fraction of sp³-hybridized carbons (Fsp3) is 0.706. The number of H-pyrrole nitrogens is 1. The molecule has 1 unspecified atom stereocenters. The lowest BCUT2D eigenvalue weighted by atomic mass is 9.78. The van der Waals surface area contributed by atoms with Crippen LogP contribution in [0.25, 0.3) is 0 Å². The number of imidazole rings is 1. The lowest BCUT2D eigenvalue weighted by molar-refractivity contribution is -0.147. The number of thioether (sulfide) groups is 1. The van der Waals surface area contributed by atoms with Crippen molar-refractivity contribution in [2.75, 3.05) is 39.6 Å². The number of nitrogens with one attached hydrogen (secondary N) is 1. The maximum absolute atomic E-state index is 12.7. The predicted molar refractivity (Wildman–Crippen MR) is 96.3 cm³/mol. The normalized spacial score (nSPS) is 20.4. The third-order valence-corrected chi connectivity index (χ3v) is 6.34. The van der Waals surface area contributed by atoms with Crippen molar-refractivity contribution in [1.29, 1.82) is 0 Å². The van der Waals surface area contributed by atoms with Crippen molar-refractivity contribution >= 4 is 23.6 Å². The highest BCUT2D eigenvalue weighted by Gasteiger charge is 2.49. The summed E-state index contributed by atoms with van der Waals surface area (Å²) in [5, 5.41) is -0.0347. The number of amides is 2. The van der Waals surface area contributed by atoms with Crippen LogP contribution in [0.15, 0.2) is 6.33 Å². The Morgan fingerprint density at radius 3 is 2.76 bits per heavy atom. The van der Waals surface area contributed by atoms with Crippen molar-refractivity contribution < 1.29 is 14.3 Å². The number of methoxy groups -OCH3 is 1. The Balaban J connectivity index is 1.85. The van der Waals surface area contributed by atoms with Gasteiger partial charge in [-0.3, -0.25) is 9.59 Å². The van der Waals surface area contributed by atoms with Crippen LogP contribution in [0, 0.1) is 0 Å². The summed E-state index contributed by atoms with van der Waals surface area (Å²) in [6.45, 7) is 3.97. The van der Waals surface area contributed by atoms with E-state index in [4.69, 9.17) is 4.74 Å². The second-order valence-corrected chi connectivity index (χ2v) is 7.87. The molecule has 1 N–H and O–H groups in total.